The molecule has 1 aromatic carbocycles. The molecule has 0 heterocycles. The molecular weight excluding hydrogens is 222 g/mol. The maximum absolute atomic E-state index is 11.0. The zero-order valence-electron chi connectivity index (χ0n) is 9.67. The van der Waals surface area contributed by atoms with E-state index in [0.717, 1.165) is 0 Å². The van der Waals surface area contributed by atoms with Gasteiger partial charge in [0.15, 0.2) is 6.10 Å². The fourth-order valence-electron chi connectivity index (χ4n) is 1.47. The van der Waals surface area contributed by atoms with Crippen LogP contribution >= 0.6 is 0 Å². The van der Waals surface area contributed by atoms with Crippen molar-refractivity contribution in [2.45, 2.75) is 20.0 Å². The Bertz CT molecular complexity index is 467. The molecule has 17 heavy (non-hydrogen) atoms. The van der Waals surface area contributed by atoms with Crippen molar-refractivity contribution >= 4 is 11.7 Å². The summed E-state index contributed by atoms with van der Waals surface area (Å²) in [6.45, 7) is 6.60. The minimum Gasteiger partial charge on any atom is -0.453 e. The molecule has 90 valence electrons. The predicted octanol–water partition coefficient (Wildman–Crippen LogP) is 2.78. The normalized spacial score (nSPS) is 11.6. The first-order valence-corrected chi connectivity index (χ1v) is 4.99. The number of ether oxygens (including phenoxy) is 1. The predicted molar refractivity (Wildman–Crippen MR) is 62.4 cm³/mol. The Kier molecular flexibility index (Phi) is 3.98. The molecule has 1 unspecified atom stereocenters. The van der Waals surface area contributed by atoms with Crippen molar-refractivity contribution in [3.05, 3.63) is 52.1 Å². The molecule has 1 atom stereocenters. The lowest BCUT2D eigenvalue weighted by atomic mass is 10.0. The van der Waals surface area contributed by atoms with Crippen molar-refractivity contribution in [1.29, 1.82) is 0 Å². The van der Waals surface area contributed by atoms with Gasteiger partial charge in [-0.25, -0.2) is 0 Å². The van der Waals surface area contributed by atoms with Gasteiger partial charge in [0, 0.05) is 13.0 Å². The van der Waals surface area contributed by atoms with Gasteiger partial charge in [0.25, 0.3) is 5.69 Å². The van der Waals surface area contributed by atoms with Crippen LogP contribution in [0.25, 0.3) is 0 Å². The third-order valence-corrected chi connectivity index (χ3v) is 2.15. The number of hydrogen-bond donors (Lipinski definition) is 0. The van der Waals surface area contributed by atoms with E-state index in [2.05, 4.69) is 6.58 Å². The molecule has 0 aliphatic heterocycles. The Labute approximate surface area is 98.9 Å². The molecule has 0 saturated heterocycles. The molecule has 0 fully saturated rings. The highest BCUT2D eigenvalue weighted by molar-refractivity contribution is 5.67. The smallest absolute Gasteiger partial charge is 0.303 e. The Balaban J connectivity index is 3.22. The molecule has 0 spiro atoms. The third-order valence-electron chi connectivity index (χ3n) is 2.15. The van der Waals surface area contributed by atoms with Gasteiger partial charge in [-0.05, 0) is 18.6 Å². The molecule has 0 aliphatic carbocycles. The maximum atomic E-state index is 11.0. The van der Waals surface area contributed by atoms with E-state index in [1.54, 1.807) is 25.1 Å². The fourth-order valence-corrected chi connectivity index (χ4v) is 1.47. The Morgan fingerprint density at radius 3 is 2.47 bits per heavy atom. The number of carbonyl (C=O) groups excluding carboxylic acids is 1. The van der Waals surface area contributed by atoms with Gasteiger partial charge >= 0.3 is 5.97 Å². The zero-order valence-corrected chi connectivity index (χ0v) is 9.67. The highest BCUT2D eigenvalue weighted by Crippen LogP contribution is 2.31. The first kappa shape index (κ1) is 12.9. The highest BCUT2D eigenvalue weighted by Gasteiger charge is 2.24. The number of nitro groups is 1. The second-order valence-electron chi connectivity index (χ2n) is 3.65. The van der Waals surface area contributed by atoms with Crippen LogP contribution in [0.4, 0.5) is 5.69 Å². The summed E-state index contributed by atoms with van der Waals surface area (Å²) in [6.07, 6.45) is -0.783. The van der Waals surface area contributed by atoms with E-state index in [9.17, 15) is 14.9 Å². The molecule has 0 amide bonds. The van der Waals surface area contributed by atoms with Gasteiger partial charge in [0.1, 0.15) is 0 Å². The Morgan fingerprint density at radius 2 is 2.00 bits per heavy atom. The maximum Gasteiger partial charge on any atom is 0.303 e. The molecule has 1 rings (SSSR count). The number of benzene rings is 1. The molecule has 1 aromatic rings. The summed E-state index contributed by atoms with van der Waals surface area (Å²) in [5.41, 5.74) is 0.788. The second-order valence-corrected chi connectivity index (χ2v) is 3.65. The highest BCUT2D eigenvalue weighted by atomic mass is 16.6. The minimum absolute atomic E-state index is 0.0817. The van der Waals surface area contributed by atoms with E-state index in [1.807, 2.05) is 0 Å². The summed E-state index contributed by atoms with van der Waals surface area (Å²) in [4.78, 5) is 21.3. The van der Waals surface area contributed by atoms with Crippen LogP contribution in [0.5, 0.6) is 0 Å². The summed E-state index contributed by atoms with van der Waals surface area (Å²) >= 11 is 0. The number of carbonyl (C=O) groups is 1. The lowest BCUT2D eigenvalue weighted by molar-refractivity contribution is -0.386. The van der Waals surface area contributed by atoms with Gasteiger partial charge in [0.2, 0.25) is 0 Å². The number of rotatable bonds is 4. The van der Waals surface area contributed by atoms with Gasteiger partial charge in [-0.15, -0.1) is 0 Å². The monoisotopic (exact) mass is 235 g/mol. The van der Waals surface area contributed by atoms with Crippen LogP contribution in [0.2, 0.25) is 0 Å². The van der Waals surface area contributed by atoms with Crippen molar-refractivity contribution in [1.82, 2.24) is 0 Å². The average molecular weight is 235 g/mol. The van der Waals surface area contributed by atoms with Crippen LogP contribution in [0.1, 0.15) is 25.5 Å². The van der Waals surface area contributed by atoms with Crippen molar-refractivity contribution in [2.24, 2.45) is 0 Å². The lowest BCUT2D eigenvalue weighted by Gasteiger charge is -2.17. The van der Waals surface area contributed by atoms with E-state index in [4.69, 9.17) is 4.74 Å². The summed E-state index contributed by atoms with van der Waals surface area (Å²) in [5, 5.41) is 10.9. The summed E-state index contributed by atoms with van der Waals surface area (Å²) in [5.74, 6) is -0.504. The fraction of sp³-hybridized carbons (Fsp3) is 0.250. The van der Waals surface area contributed by atoms with E-state index in [0.29, 0.717) is 11.1 Å². The molecule has 5 heteroatoms. The first-order chi connectivity index (χ1) is 7.93. The largest absolute Gasteiger partial charge is 0.453 e. The van der Waals surface area contributed by atoms with Gasteiger partial charge in [0.05, 0.1) is 10.5 Å². The van der Waals surface area contributed by atoms with E-state index >= 15 is 0 Å². The lowest BCUT2D eigenvalue weighted by Crippen LogP contribution is -2.11. The van der Waals surface area contributed by atoms with Crippen molar-refractivity contribution in [3.8, 4) is 0 Å². The average Bonchev–Trinajstić information content (AvgIpc) is 2.25. The number of para-hydroxylation sites is 1. The number of nitro benzene ring substituents is 1. The number of nitrogens with zero attached hydrogens (tertiary/aromatic N) is 1. The van der Waals surface area contributed by atoms with E-state index in [1.165, 1.54) is 13.0 Å². The van der Waals surface area contributed by atoms with E-state index in [-0.39, 0.29) is 5.69 Å². The summed E-state index contributed by atoms with van der Waals surface area (Å²) in [7, 11) is 0. The molecule has 0 aromatic heterocycles. The topological polar surface area (TPSA) is 69.4 Å². The minimum atomic E-state index is -0.783. The van der Waals surface area contributed by atoms with Crippen LogP contribution in [0.15, 0.2) is 36.4 Å². The molecule has 0 bridgehead atoms. The number of hydrogen-bond acceptors (Lipinski definition) is 4. The molecule has 0 N–H and O–H groups in total. The quantitative estimate of drug-likeness (QED) is 0.348. The molecular formula is C12H13NO4. The number of esters is 1. The first-order valence-electron chi connectivity index (χ1n) is 4.99. The van der Waals surface area contributed by atoms with Crippen LogP contribution in [0.3, 0.4) is 0 Å². The summed E-state index contributed by atoms with van der Waals surface area (Å²) in [6, 6.07) is 6.14. The van der Waals surface area contributed by atoms with Crippen LogP contribution in [-0.2, 0) is 9.53 Å². The molecule has 0 aliphatic rings. The Morgan fingerprint density at radius 1 is 1.41 bits per heavy atom. The summed E-state index contributed by atoms with van der Waals surface area (Å²) < 4.78 is 5.05. The van der Waals surface area contributed by atoms with Gasteiger partial charge in [-0.1, -0.05) is 18.7 Å². The van der Waals surface area contributed by atoms with Crippen molar-refractivity contribution in [3.63, 3.8) is 0 Å². The zero-order chi connectivity index (χ0) is 13.0. The SMILES string of the molecule is C=C(C)C(OC(C)=O)c1ccccc1[N+](=O)[O-]. The molecule has 5 nitrogen and oxygen atoms in total. The second kappa shape index (κ2) is 5.25. The van der Waals surface area contributed by atoms with Crippen molar-refractivity contribution in [2.75, 3.05) is 0 Å². The van der Waals surface area contributed by atoms with Gasteiger partial charge in [-0.2, -0.15) is 0 Å². The third kappa shape index (κ3) is 3.14. The van der Waals surface area contributed by atoms with Crippen LogP contribution in [0, 0.1) is 10.1 Å². The molecule has 0 radical (unpaired) electrons. The standard InChI is InChI=1S/C12H13NO4/c1-8(2)12(17-9(3)14)10-6-4-5-7-11(10)13(15)16/h4-7,12H,1H2,2-3H3. The van der Waals surface area contributed by atoms with Crippen LogP contribution in [-0.4, -0.2) is 10.9 Å². The van der Waals surface area contributed by atoms with Crippen molar-refractivity contribution < 1.29 is 14.5 Å². The van der Waals surface area contributed by atoms with Crippen LogP contribution < -0.4 is 0 Å². The molecule has 0 saturated carbocycles. The van der Waals surface area contributed by atoms with Gasteiger partial charge < -0.3 is 4.74 Å². The Hall–Kier alpha value is -2.17. The van der Waals surface area contributed by atoms with Gasteiger partial charge in [-0.3, -0.25) is 14.9 Å². The van der Waals surface area contributed by atoms with E-state index < -0.39 is 17.0 Å².